The molecule has 0 aliphatic rings. The molecule has 0 radical (unpaired) electrons. The van der Waals surface area contributed by atoms with Gasteiger partial charge in [-0.3, -0.25) is 9.36 Å². The fourth-order valence-electron chi connectivity index (χ4n) is 1.24. The van der Waals surface area contributed by atoms with Crippen molar-refractivity contribution in [3.05, 3.63) is 28.9 Å². The van der Waals surface area contributed by atoms with Crippen molar-refractivity contribution in [3.8, 4) is 0 Å². The molecule has 92 valence electrons. The molecule has 0 saturated carbocycles. The van der Waals surface area contributed by atoms with Crippen molar-refractivity contribution >= 4 is 11.9 Å². The van der Waals surface area contributed by atoms with Crippen molar-refractivity contribution in [3.63, 3.8) is 0 Å². The Morgan fingerprint density at radius 2 is 2.29 bits per heavy atom. The van der Waals surface area contributed by atoms with Gasteiger partial charge >= 0.3 is 11.7 Å². The number of carboxylic acid groups (broad SMARTS) is 1. The molecule has 7 nitrogen and oxygen atoms in total. The number of nitrogens with zero attached hydrogens (tertiary/aromatic N) is 2. The number of hydrogen-bond donors (Lipinski definition) is 2. The second-order valence-electron chi connectivity index (χ2n) is 3.40. The normalized spacial score (nSPS) is 11.8. The first-order chi connectivity index (χ1) is 8.04. The molecule has 1 heterocycles. The van der Waals surface area contributed by atoms with Crippen LogP contribution in [0.15, 0.2) is 23.3 Å². The maximum Gasteiger partial charge on any atom is 0.347 e. The second-order valence-corrected chi connectivity index (χ2v) is 3.40. The van der Waals surface area contributed by atoms with Crippen LogP contribution in [0.1, 0.15) is 13.3 Å². The van der Waals surface area contributed by atoms with Crippen molar-refractivity contribution in [2.45, 2.75) is 25.9 Å². The van der Waals surface area contributed by atoms with Crippen LogP contribution in [-0.2, 0) is 16.1 Å². The molecule has 0 aliphatic carbocycles. The predicted molar refractivity (Wildman–Crippen MR) is 58.4 cm³/mol. The number of rotatable bonds is 5. The van der Waals surface area contributed by atoms with E-state index in [0.717, 1.165) is 4.57 Å². The monoisotopic (exact) mass is 239 g/mol. The van der Waals surface area contributed by atoms with Crippen LogP contribution in [0.25, 0.3) is 0 Å². The van der Waals surface area contributed by atoms with Crippen LogP contribution in [-0.4, -0.2) is 32.6 Å². The van der Waals surface area contributed by atoms with E-state index in [9.17, 15) is 14.4 Å². The van der Waals surface area contributed by atoms with Crippen LogP contribution in [0.4, 0.5) is 0 Å². The van der Waals surface area contributed by atoms with Gasteiger partial charge in [-0.1, -0.05) is 6.92 Å². The summed E-state index contributed by atoms with van der Waals surface area (Å²) in [6, 6.07) is 0.582. The summed E-state index contributed by atoms with van der Waals surface area (Å²) in [5.74, 6) is -1.63. The molecular weight excluding hydrogens is 226 g/mol. The maximum absolute atomic E-state index is 11.5. The summed E-state index contributed by atoms with van der Waals surface area (Å²) in [7, 11) is 0. The lowest BCUT2D eigenvalue weighted by Gasteiger charge is -2.12. The van der Waals surface area contributed by atoms with Gasteiger partial charge in [0.2, 0.25) is 5.91 Å². The number of carbonyl (C=O) groups excluding carboxylic acids is 1. The number of aliphatic carboxylic acids is 1. The second kappa shape index (κ2) is 5.78. The summed E-state index contributed by atoms with van der Waals surface area (Å²) in [5.41, 5.74) is -0.550. The van der Waals surface area contributed by atoms with Crippen LogP contribution in [0.5, 0.6) is 0 Å². The van der Waals surface area contributed by atoms with Crippen LogP contribution in [0.3, 0.4) is 0 Å². The molecule has 0 aliphatic heterocycles. The molecule has 0 spiro atoms. The van der Waals surface area contributed by atoms with E-state index in [-0.39, 0.29) is 13.0 Å². The number of nitrogens with one attached hydrogen (secondary N) is 1. The highest BCUT2D eigenvalue weighted by atomic mass is 16.4. The van der Waals surface area contributed by atoms with Gasteiger partial charge in [-0.2, -0.15) is 0 Å². The lowest BCUT2D eigenvalue weighted by atomic mass is 10.2. The first-order valence-electron chi connectivity index (χ1n) is 5.08. The Kier molecular flexibility index (Phi) is 4.38. The molecule has 2 N–H and O–H groups in total. The number of carboxylic acids is 1. The molecule has 7 heteroatoms. The minimum atomic E-state index is -1.10. The minimum Gasteiger partial charge on any atom is -0.480 e. The molecule has 0 bridgehead atoms. The molecule has 0 saturated heterocycles. The van der Waals surface area contributed by atoms with Crippen molar-refractivity contribution in [1.82, 2.24) is 14.9 Å². The topological polar surface area (TPSA) is 101 Å². The maximum atomic E-state index is 11.5. The third-order valence-electron chi connectivity index (χ3n) is 2.14. The molecule has 1 atom stereocenters. The van der Waals surface area contributed by atoms with Gasteiger partial charge in [-0.15, -0.1) is 0 Å². The SMILES string of the molecule is CC[C@@H](NC(=O)Cn1cccnc1=O)C(=O)O. The third kappa shape index (κ3) is 3.71. The smallest absolute Gasteiger partial charge is 0.347 e. The van der Waals surface area contributed by atoms with E-state index in [1.54, 1.807) is 6.92 Å². The molecule has 1 rings (SSSR count). The van der Waals surface area contributed by atoms with Crippen molar-refractivity contribution in [2.24, 2.45) is 0 Å². The van der Waals surface area contributed by atoms with Gasteiger partial charge in [0.05, 0.1) is 0 Å². The van der Waals surface area contributed by atoms with Gasteiger partial charge in [0.1, 0.15) is 12.6 Å². The molecule has 0 unspecified atom stereocenters. The van der Waals surface area contributed by atoms with E-state index in [4.69, 9.17) is 5.11 Å². The average molecular weight is 239 g/mol. The van der Waals surface area contributed by atoms with Gasteiger partial charge in [-0.05, 0) is 12.5 Å². The van der Waals surface area contributed by atoms with Gasteiger partial charge in [-0.25, -0.2) is 14.6 Å². The van der Waals surface area contributed by atoms with Crippen LogP contribution < -0.4 is 11.0 Å². The Balaban J connectivity index is 2.65. The first kappa shape index (κ1) is 12.9. The Labute approximate surface area is 97.1 Å². The molecule has 17 heavy (non-hydrogen) atoms. The van der Waals surface area contributed by atoms with E-state index >= 15 is 0 Å². The summed E-state index contributed by atoms with van der Waals surface area (Å²) in [4.78, 5) is 36.8. The number of aromatic nitrogens is 2. The highest BCUT2D eigenvalue weighted by Crippen LogP contribution is 1.91. The van der Waals surface area contributed by atoms with E-state index in [0.29, 0.717) is 0 Å². The Morgan fingerprint density at radius 1 is 1.59 bits per heavy atom. The molecule has 1 aromatic heterocycles. The summed E-state index contributed by atoms with van der Waals surface area (Å²) in [6.45, 7) is 1.41. The van der Waals surface area contributed by atoms with Crippen LogP contribution >= 0.6 is 0 Å². The van der Waals surface area contributed by atoms with Gasteiger partial charge < -0.3 is 10.4 Å². The summed E-state index contributed by atoms with van der Waals surface area (Å²) >= 11 is 0. The predicted octanol–water partition coefficient (Wildman–Crippen LogP) is -0.777. The zero-order valence-electron chi connectivity index (χ0n) is 9.29. The summed E-state index contributed by atoms with van der Waals surface area (Å²) < 4.78 is 1.10. The van der Waals surface area contributed by atoms with Gasteiger partial charge in [0.25, 0.3) is 0 Å². The Hall–Kier alpha value is -2.18. The summed E-state index contributed by atoms with van der Waals surface area (Å²) in [5, 5.41) is 11.1. The third-order valence-corrected chi connectivity index (χ3v) is 2.14. The minimum absolute atomic E-state index is 0.240. The number of amides is 1. The van der Waals surface area contributed by atoms with Gasteiger partial charge in [0, 0.05) is 12.4 Å². The molecule has 1 amide bonds. The number of carbonyl (C=O) groups is 2. The highest BCUT2D eigenvalue weighted by molar-refractivity contribution is 5.83. The quantitative estimate of drug-likeness (QED) is 0.702. The number of hydrogen-bond acceptors (Lipinski definition) is 4. The average Bonchev–Trinajstić information content (AvgIpc) is 2.28. The van der Waals surface area contributed by atoms with Gasteiger partial charge in [0.15, 0.2) is 0 Å². The Bertz CT molecular complexity index is 469. The fraction of sp³-hybridized carbons (Fsp3) is 0.400. The first-order valence-corrected chi connectivity index (χ1v) is 5.08. The van der Waals surface area contributed by atoms with E-state index < -0.39 is 23.6 Å². The highest BCUT2D eigenvalue weighted by Gasteiger charge is 2.17. The molecule has 0 aromatic carbocycles. The van der Waals surface area contributed by atoms with Crippen molar-refractivity contribution < 1.29 is 14.7 Å². The zero-order valence-corrected chi connectivity index (χ0v) is 9.29. The van der Waals surface area contributed by atoms with Crippen LogP contribution in [0, 0.1) is 0 Å². The molecule has 1 aromatic rings. The van der Waals surface area contributed by atoms with Crippen LogP contribution in [0.2, 0.25) is 0 Å². The summed E-state index contributed by atoms with van der Waals surface area (Å²) in [6.07, 6.45) is 3.02. The van der Waals surface area contributed by atoms with Crippen molar-refractivity contribution in [2.75, 3.05) is 0 Å². The molecule has 0 fully saturated rings. The lowest BCUT2D eigenvalue weighted by Crippen LogP contribution is -2.43. The van der Waals surface area contributed by atoms with E-state index in [2.05, 4.69) is 10.3 Å². The fourth-order valence-corrected chi connectivity index (χ4v) is 1.24. The molecular formula is C10H13N3O4. The van der Waals surface area contributed by atoms with E-state index in [1.807, 2.05) is 0 Å². The zero-order chi connectivity index (χ0) is 12.8. The lowest BCUT2D eigenvalue weighted by molar-refractivity contribution is -0.142. The Morgan fingerprint density at radius 3 is 2.82 bits per heavy atom. The standard InChI is InChI=1S/C10H13N3O4/c1-2-7(9(15)16)12-8(14)6-13-5-3-4-11-10(13)17/h3-5,7H,2,6H2,1H3,(H,12,14)(H,15,16)/t7-/m1/s1. The van der Waals surface area contributed by atoms with Crippen molar-refractivity contribution in [1.29, 1.82) is 0 Å². The largest absolute Gasteiger partial charge is 0.480 e. The van der Waals surface area contributed by atoms with E-state index in [1.165, 1.54) is 18.5 Å².